The third-order valence-corrected chi connectivity index (χ3v) is 13.4. The van der Waals surface area contributed by atoms with E-state index in [0.29, 0.717) is 30.8 Å². The maximum atomic E-state index is 13.2. The van der Waals surface area contributed by atoms with Crippen LogP contribution in [0.15, 0.2) is 51.8 Å². The number of halogens is 1. The molecule has 1 unspecified atom stereocenters. The smallest absolute Gasteiger partial charge is 0.296 e. The highest BCUT2D eigenvalue weighted by atomic mass is 79.9. The normalized spacial score (nSPS) is 31.4. The van der Waals surface area contributed by atoms with E-state index in [1.54, 1.807) is 24.3 Å². The van der Waals surface area contributed by atoms with Crippen molar-refractivity contribution in [3.8, 4) is 0 Å². The van der Waals surface area contributed by atoms with Crippen LogP contribution < -0.4 is 5.32 Å². The molecule has 8 heteroatoms. The van der Waals surface area contributed by atoms with Crippen molar-refractivity contribution in [1.82, 2.24) is 10.2 Å². The lowest BCUT2D eigenvalue weighted by atomic mass is 9.54. The summed E-state index contributed by atoms with van der Waals surface area (Å²) in [6, 6.07) is 13.6. The molecular weight excluding hydrogens is 612 g/mol. The summed E-state index contributed by atoms with van der Waals surface area (Å²) < 4.78 is 32.2. The Morgan fingerprint density at radius 3 is 2.33 bits per heavy atom. The second kappa shape index (κ2) is 11.3. The zero-order chi connectivity index (χ0) is 29.1. The minimum absolute atomic E-state index is 0.0460. The Balaban J connectivity index is 0.961. The van der Waals surface area contributed by atoms with Gasteiger partial charge in [-0.1, -0.05) is 45.8 Å². The number of carbonyl (C=O) groups excluding carboxylic acids is 1. The Kier molecular flexibility index (Phi) is 7.81. The summed E-state index contributed by atoms with van der Waals surface area (Å²) in [5.41, 5.74) is 3.76. The number of benzene rings is 2. The molecule has 1 atom stereocenters. The zero-order valence-electron chi connectivity index (χ0n) is 24.6. The van der Waals surface area contributed by atoms with E-state index in [0.717, 1.165) is 54.2 Å². The molecule has 5 fully saturated rings. The van der Waals surface area contributed by atoms with Crippen LogP contribution in [0.4, 0.5) is 0 Å². The van der Waals surface area contributed by atoms with Crippen LogP contribution in [0, 0.1) is 30.6 Å². The van der Waals surface area contributed by atoms with E-state index in [2.05, 4.69) is 44.3 Å². The molecule has 8 rings (SSSR count). The van der Waals surface area contributed by atoms with E-state index in [9.17, 15) is 13.2 Å². The number of rotatable bonds is 8. The molecule has 226 valence electrons. The highest BCUT2D eigenvalue weighted by Gasteiger charge is 2.49. The average molecular weight is 656 g/mol. The van der Waals surface area contributed by atoms with Crippen LogP contribution in [-0.4, -0.2) is 51.5 Å². The molecule has 1 spiro atoms. The fourth-order valence-electron chi connectivity index (χ4n) is 9.64. The van der Waals surface area contributed by atoms with Crippen LogP contribution in [0.5, 0.6) is 0 Å². The molecular formula is C34H43BrN2O4S. The molecule has 42 heavy (non-hydrogen) atoms. The highest BCUT2D eigenvalue weighted by molar-refractivity contribution is 9.10. The van der Waals surface area contributed by atoms with Gasteiger partial charge in [0.15, 0.2) is 0 Å². The maximum absolute atomic E-state index is 13.2. The van der Waals surface area contributed by atoms with Crippen molar-refractivity contribution in [1.29, 1.82) is 0 Å². The predicted molar refractivity (Wildman–Crippen MR) is 167 cm³/mol. The molecule has 1 heterocycles. The molecule has 4 bridgehead atoms. The largest absolute Gasteiger partial charge is 0.352 e. The summed E-state index contributed by atoms with van der Waals surface area (Å²) in [7, 11) is -3.78. The number of hydrogen-bond donors (Lipinski definition) is 1. The summed E-state index contributed by atoms with van der Waals surface area (Å²) in [6.07, 6.45) is 10.4. The van der Waals surface area contributed by atoms with Gasteiger partial charge in [0.1, 0.15) is 0 Å². The summed E-state index contributed by atoms with van der Waals surface area (Å²) in [5.74, 6) is 3.70. The molecule has 6 nitrogen and oxygen atoms in total. The number of nitrogens with zero attached hydrogens (tertiary/aromatic N) is 1. The van der Waals surface area contributed by atoms with Gasteiger partial charge in [-0.05, 0) is 142 Å². The van der Waals surface area contributed by atoms with Crippen LogP contribution in [0.1, 0.15) is 80.4 Å². The van der Waals surface area contributed by atoms with Crippen molar-refractivity contribution in [3.63, 3.8) is 0 Å². The first-order valence-corrected chi connectivity index (χ1v) is 18.2. The van der Waals surface area contributed by atoms with Gasteiger partial charge in [-0.25, -0.2) is 0 Å². The van der Waals surface area contributed by atoms with Crippen LogP contribution in [0.3, 0.4) is 0 Å². The Morgan fingerprint density at radius 2 is 1.67 bits per heavy atom. The van der Waals surface area contributed by atoms with Crippen molar-refractivity contribution in [2.24, 2.45) is 23.7 Å². The number of hydrogen-bond acceptors (Lipinski definition) is 5. The fourth-order valence-corrected chi connectivity index (χ4v) is 11.4. The van der Waals surface area contributed by atoms with Gasteiger partial charge < -0.3 is 5.32 Å². The van der Waals surface area contributed by atoms with Crippen molar-refractivity contribution < 1.29 is 17.4 Å². The quantitative estimate of drug-likeness (QED) is 0.338. The number of nitrogens with one attached hydrogen (secondary N) is 1. The standard InChI is InChI=1S/C34H43BrN2O4S/c1-22-5-7-28(8-6-22)42(39,40)41-14-9-25-20-34(32-29(25)3-2-4-30(32)35)10-12-37(13-11-34)21-31(38)36-33-26-16-23-15-24(18-26)19-27(33)17-23/h2-8,23-27,33H,9-21H2,1H3,(H,36,38). The van der Waals surface area contributed by atoms with E-state index in [1.807, 2.05) is 6.92 Å². The summed E-state index contributed by atoms with van der Waals surface area (Å²) >= 11 is 3.86. The lowest BCUT2D eigenvalue weighted by molar-refractivity contribution is -0.126. The summed E-state index contributed by atoms with van der Waals surface area (Å²) in [6.45, 7) is 4.41. The summed E-state index contributed by atoms with van der Waals surface area (Å²) in [5, 5.41) is 3.50. The molecule has 1 N–H and O–H groups in total. The molecule has 0 aromatic heterocycles. The van der Waals surface area contributed by atoms with Gasteiger partial charge in [-0.3, -0.25) is 13.9 Å². The molecule has 5 aliphatic carbocycles. The molecule has 1 amide bonds. The first-order valence-electron chi connectivity index (χ1n) is 16.0. The SMILES string of the molecule is Cc1ccc(S(=O)(=O)OCCC2CC3(CCN(CC(=O)NC4C5CC6CC(C5)CC4C6)CC3)c3c(Br)cccc32)cc1. The van der Waals surface area contributed by atoms with Gasteiger partial charge in [-0.2, -0.15) is 8.42 Å². The third-order valence-electron chi connectivity index (χ3n) is 11.4. The van der Waals surface area contributed by atoms with Gasteiger partial charge in [0.25, 0.3) is 10.1 Å². The van der Waals surface area contributed by atoms with E-state index in [1.165, 1.54) is 43.2 Å². The van der Waals surface area contributed by atoms with E-state index >= 15 is 0 Å². The average Bonchev–Trinajstić information content (AvgIpc) is 3.26. The van der Waals surface area contributed by atoms with Gasteiger partial charge in [0.2, 0.25) is 5.91 Å². The monoisotopic (exact) mass is 654 g/mol. The maximum Gasteiger partial charge on any atom is 0.296 e. The lowest BCUT2D eigenvalue weighted by Gasteiger charge is -2.54. The Hall–Kier alpha value is -1.74. The second-order valence-corrected chi connectivity index (χ2v) is 16.5. The zero-order valence-corrected chi connectivity index (χ0v) is 27.0. The minimum Gasteiger partial charge on any atom is -0.352 e. The van der Waals surface area contributed by atoms with Gasteiger partial charge >= 0.3 is 0 Å². The molecule has 2 aromatic carbocycles. The number of amides is 1. The first kappa shape index (κ1) is 29.0. The summed E-state index contributed by atoms with van der Waals surface area (Å²) in [4.78, 5) is 15.8. The van der Waals surface area contributed by atoms with Gasteiger partial charge in [-0.15, -0.1) is 0 Å². The molecule has 6 aliphatic rings. The lowest BCUT2D eigenvalue weighted by Crippen LogP contribution is -2.57. The molecule has 0 radical (unpaired) electrons. The molecule has 2 aromatic rings. The molecule has 4 saturated carbocycles. The fraction of sp³-hybridized carbons (Fsp3) is 0.618. The topological polar surface area (TPSA) is 75.7 Å². The van der Waals surface area contributed by atoms with Crippen molar-refractivity contribution in [3.05, 3.63) is 63.6 Å². The Morgan fingerprint density at radius 1 is 1.00 bits per heavy atom. The minimum atomic E-state index is -3.78. The number of piperidine rings is 1. The van der Waals surface area contributed by atoms with E-state index in [4.69, 9.17) is 4.18 Å². The predicted octanol–water partition coefficient (Wildman–Crippen LogP) is 6.31. The van der Waals surface area contributed by atoms with Crippen LogP contribution in [0.25, 0.3) is 0 Å². The van der Waals surface area contributed by atoms with Crippen molar-refractivity contribution in [2.45, 2.75) is 87.0 Å². The Bertz CT molecular complexity index is 1410. The number of carbonyl (C=O) groups is 1. The highest BCUT2D eigenvalue weighted by Crippen LogP contribution is 2.55. The first-order chi connectivity index (χ1) is 20.2. The van der Waals surface area contributed by atoms with Gasteiger partial charge in [0.05, 0.1) is 18.0 Å². The van der Waals surface area contributed by atoms with E-state index in [-0.39, 0.29) is 28.7 Å². The molecule has 1 saturated heterocycles. The Labute approximate surface area is 259 Å². The number of fused-ring (bicyclic) bond motifs is 2. The molecule has 1 aliphatic heterocycles. The van der Waals surface area contributed by atoms with Crippen LogP contribution in [0.2, 0.25) is 0 Å². The van der Waals surface area contributed by atoms with E-state index < -0.39 is 10.1 Å². The van der Waals surface area contributed by atoms with Crippen molar-refractivity contribution >= 4 is 32.0 Å². The number of aryl methyl sites for hydroxylation is 1. The van der Waals surface area contributed by atoms with Gasteiger partial charge in [0, 0.05) is 10.5 Å². The van der Waals surface area contributed by atoms with Crippen molar-refractivity contribution in [2.75, 3.05) is 26.2 Å². The van der Waals surface area contributed by atoms with Crippen LogP contribution >= 0.6 is 15.9 Å². The third kappa shape index (κ3) is 5.50. The second-order valence-electron chi connectivity index (χ2n) is 14.1. The van der Waals surface area contributed by atoms with Crippen LogP contribution in [-0.2, 0) is 24.5 Å². The number of likely N-dealkylation sites (tertiary alicyclic amines) is 1.